The zero-order valence-corrected chi connectivity index (χ0v) is 29.5. The van der Waals surface area contributed by atoms with E-state index in [1.54, 1.807) is 0 Å². The van der Waals surface area contributed by atoms with Gasteiger partial charge < -0.3 is 10.2 Å². The topological polar surface area (TPSA) is 27.6 Å². The van der Waals surface area contributed by atoms with Gasteiger partial charge in [-0.05, 0) is 86.5 Å². The van der Waals surface area contributed by atoms with E-state index < -0.39 is 5.41 Å². The van der Waals surface area contributed by atoms with Crippen LogP contribution in [0.3, 0.4) is 0 Å². The minimum atomic E-state index is -0.521. The van der Waals surface area contributed by atoms with E-state index in [-0.39, 0.29) is 6.17 Å². The monoisotopic (exact) mass is 689 g/mol. The van der Waals surface area contributed by atoms with Gasteiger partial charge in [0.1, 0.15) is 6.17 Å². The Morgan fingerprint density at radius 1 is 0.426 bits per heavy atom. The van der Waals surface area contributed by atoms with E-state index in [1.165, 1.54) is 50.3 Å². The predicted octanol–water partition coefficient (Wildman–Crippen LogP) is 12.5. The second-order valence-corrected chi connectivity index (χ2v) is 14.3. The van der Waals surface area contributed by atoms with Crippen LogP contribution in [0.25, 0.3) is 22.3 Å². The van der Waals surface area contributed by atoms with E-state index >= 15 is 0 Å². The SMILES string of the molecule is c1ccc(C2N=C(c3ccccc3-c3ccc4c(c3)C3(c5ccccc5-4)c4ccccc4N(c4ccccc4)c4ccccc43)c3ccccc3N2)cc1. The molecule has 3 nitrogen and oxygen atoms in total. The predicted molar refractivity (Wildman–Crippen MR) is 222 cm³/mol. The molecule has 1 spiro atoms. The number of anilines is 4. The van der Waals surface area contributed by atoms with Crippen LogP contribution in [0, 0.1) is 0 Å². The van der Waals surface area contributed by atoms with Crippen LogP contribution in [0.4, 0.5) is 22.7 Å². The van der Waals surface area contributed by atoms with Gasteiger partial charge >= 0.3 is 0 Å². The Bertz CT molecular complexity index is 2720. The maximum absolute atomic E-state index is 5.43. The number of benzene rings is 8. The van der Waals surface area contributed by atoms with Gasteiger partial charge in [-0.15, -0.1) is 0 Å². The van der Waals surface area contributed by atoms with Crippen molar-refractivity contribution in [1.29, 1.82) is 0 Å². The fourth-order valence-corrected chi connectivity index (χ4v) is 9.27. The smallest absolute Gasteiger partial charge is 0.145 e. The molecule has 2 heterocycles. The number of hydrogen-bond donors (Lipinski definition) is 1. The summed E-state index contributed by atoms with van der Waals surface area (Å²) < 4.78 is 0. The van der Waals surface area contributed by atoms with Gasteiger partial charge in [0.25, 0.3) is 0 Å². The third kappa shape index (κ3) is 4.39. The zero-order chi connectivity index (χ0) is 35.6. The lowest BCUT2D eigenvalue weighted by molar-refractivity contribution is 0.753. The molecular weight excluding hydrogens is 655 g/mol. The van der Waals surface area contributed by atoms with Crippen molar-refractivity contribution in [2.75, 3.05) is 10.2 Å². The Morgan fingerprint density at radius 2 is 0.963 bits per heavy atom. The Kier molecular flexibility index (Phi) is 6.83. The molecule has 8 aromatic rings. The number of rotatable bonds is 4. The molecule has 11 rings (SSSR count). The highest BCUT2D eigenvalue weighted by molar-refractivity contribution is 6.20. The Hall–Kier alpha value is -6.97. The Morgan fingerprint density at radius 3 is 1.69 bits per heavy atom. The van der Waals surface area contributed by atoms with Gasteiger partial charge in [-0.3, -0.25) is 4.99 Å². The Labute approximate surface area is 315 Å². The number of nitrogens with one attached hydrogen (secondary N) is 1. The molecule has 0 fully saturated rings. The first kappa shape index (κ1) is 30.6. The largest absolute Gasteiger partial charge is 0.360 e. The van der Waals surface area contributed by atoms with Crippen LogP contribution >= 0.6 is 0 Å². The molecule has 0 amide bonds. The van der Waals surface area contributed by atoms with Crippen molar-refractivity contribution < 1.29 is 0 Å². The van der Waals surface area contributed by atoms with E-state index in [2.05, 4.69) is 210 Å². The first-order chi connectivity index (χ1) is 26.8. The fourth-order valence-electron chi connectivity index (χ4n) is 9.27. The second kappa shape index (κ2) is 12.0. The van der Waals surface area contributed by atoms with Crippen LogP contribution in [0.2, 0.25) is 0 Å². The molecule has 1 atom stereocenters. The summed E-state index contributed by atoms with van der Waals surface area (Å²) in [6.07, 6.45) is -0.190. The molecule has 8 aromatic carbocycles. The lowest BCUT2D eigenvalue weighted by atomic mass is 9.64. The number of para-hydroxylation sites is 4. The third-order valence-corrected chi connectivity index (χ3v) is 11.5. The third-order valence-electron chi connectivity index (χ3n) is 11.5. The van der Waals surface area contributed by atoms with Gasteiger partial charge in [-0.25, -0.2) is 0 Å². The van der Waals surface area contributed by atoms with Crippen molar-refractivity contribution in [3.8, 4) is 22.3 Å². The summed E-state index contributed by atoms with van der Waals surface area (Å²) in [5.41, 5.74) is 18.6. The van der Waals surface area contributed by atoms with Crippen LogP contribution in [0.5, 0.6) is 0 Å². The quantitative estimate of drug-likeness (QED) is 0.199. The molecule has 0 saturated heterocycles. The lowest BCUT2D eigenvalue weighted by Crippen LogP contribution is -2.36. The molecule has 1 N–H and O–H groups in total. The summed E-state index contributed by atoms with van der Waals surface area (Å²) in [5, 5.41) is 3.70. The second-order valence-electron chi connectivity index (χ2n) is 14.3. The number of nitrogens with zero attached hydrogens (tertiary/aromatic N) is 2. The Balaban J connectivity index is 1.16. The molecule has 254 valence electrons. The highest BCUT2D eigenvalue weighted by Gasteiger charge is 2.51. The van der Waals surface area contributed by atoms with Crippen molar-refractivity contribution >= 4 is 28.5 Å². The molecule has 3 aliphatic rings. The molecule has 0 radical (unpaired) electrons. The number of aliphatic imine (C=N–C) groups is 1. The minimum absolute atomic E-state index is 0.190. The molecule has 3 heteroatoms. The van der Waals surface area contributed by atoms with Crippen LogP contribution in [0.15, 0.2) is 205 Å². The van der Waals surface area contributed by atoms with Crippen LogP contribution in [0.1, 0.15) is 45.1 Å². The van der Waals surface area contributed by atoms with Gasteiger partial charge in [0.2, 0.25) is 0 Å². The maximum atomic E-state index is 5.43. The van der Waals surface area contributed by atoms with Gasteiger partial charge in [-0.2, -0.15) is 0 Å². The molecule has 1 unspecified atom stereocenters. The summed E-state index contributed by atoms with van der Waals surface area (Å²) in [6, 6.07) is 72.8. The maximum Gasteiger partial charge on any atom is 0.145 e. The van der Waals surface area contributed by atoms with E-state index in [9.17, 15) is 0 Å². The van der Waals surface area contributed by atoms with E-state index in [1.807, 2.05) is 0 Å². The fraction of sp³-hybridized carbons (Fsp3) is 0.0392. The van der Waals surface area contributed by atoms with E-state index in [4.69, 9.17) is 4.99 Å². The summed E-state index contributed by atoms with van der Waals surface area (Å²) in [6.45, 7) is 0. The summed E-state index contributed by atoms with van der Waals surface area (Å²) in [4.78, 5) is 7.87. The number of hydrogen-bond acceptors (Lipinski definition) is 3. The average Bonchev–Trinajstić information content (AvgIpc) is 3.54. The van der Waals surface area contributed by atoms with E-state index in [0.717, 1.165) is 39.3 Å². The van der Waals surface area contributed by atoms with Gasteiger partial charge in [-0.1, -0.05) is 164 Å². The van der Waals surface area contributed by atoms with Gasteiger partial charge in [0.05, 0.1) is 22.5 Å². The van der Waals surface area contributed by atoms with Gasteiger partial charge in [0, 0.05) is 22.5 Å². The molecule has 0 saturated carbocycles. The highest BCUT2D eigenvalue weighted by atomic mass is 15.2. The van der Waals surface area contributed by atoms with Crippen molar-refractivity contribution in [1.82, 2.24) is 0 Å². The molecule has 2 aliphatic heterocycles. The average molecular weight is 690 g/mol. The van der Waals surface area contributed by atoms with E-state index in [0.29, 0.717) is 0 Å². The standard InChI is InChI=1S/C51H35N3/c1-3-17-34(18-4-1)50-52-46-28-14-10-24-41(46)49(53-50)40-23-8-7-21-37(40)35-31-32-39-38-22-9-11-25-42(38)51(45(39)33-35)43-26-12-15-29-47(43)54(36-19-5-2-6-20-36)48-30-16-13-27-44(48)51/h1-33,50,52H. The minimum Gasteiger partial charge on any atom is -0.360 e. The highest BCUT2D eigenvalue weighted by Crippen LogP contribution is 2.63. The molecule has 1 aliphatic carbocycles. The summed E-state index contributed by atoms with van der Waals surface area (Å²) in [5.74, 6) is 0. The van der Waals surface area contributed by atoms with Crippen molar-refractivity contribution in [2.45, 2.75) is 11.6 Å². The van der Waals surface area contributed by atoms with Crippen LogP contribution in [-0.4, -0.2) is 5.71 Å². The molecular formula is C51H35N3. The number of fused-ring (bicyclic) bond motifs is 10. The van der Waals surface area contributed by atoms with Crippen molar-refractivity contribution in [2.24, 2.45) is 4.99 Å². The molecule has 0 bridgehead atoms. The normalized spacial score (nSPS) is 15.6. The zero-order valence-electron chi connectivity index (χ0n) is 29.5. The van der Waals surface area contributed by atoms with Crippen molar-refractivity contribution in [3.05, 3.63) is 239 Å². The van der Waals surface area contributed by atoms with Gasteiger partial charge in [0.15, 0.2) is 0 Å². The molecule has 54 heavy (non-hydrogen) atoms. The van der Waals surface area contributed by atoms with Crippen LogP contribution in [-0.2, 0) is 5.41 Å². The first-order valence-corrected chi connectivity index (χ1v) is 18.7. The molecule has 0 aromatic heterocycles. The summed E-state index contributed by atoms with van der Waals surface area (Å²) >= 11 is 0. The van der Waals surface area contributed by atoms with Crippen LogP contribution < -0.4 is 10.2 Å². The van der Waals surface area contributed by atoms with Crippen molar-refractivity contribution in [3.63, 3.8) is 0 Å². The first-order valence-electron chi connectivity index (χ1n) is 18.7. The summed E-state index contributed by atoms with van der Waals surface area (Å²) in [7, 11) is 0. The lowest BCUT2D eigenvalue weighted by Gasteiger charge is -2.45.